The maximum atomic E-state index is 12.2. The third kappa shape index (κ3) is 4.46. The summed E-state index contributed by atoms with van der Waals surface area (Å²) in [6.45, 7) is 0.707. The molecule has 4 heteroatoms. The average molecular weight is 268 g/mol. The van der Waals surface area contributed by atoms with E-state index in [1.54, 1.807) is 0 Å². The van der Waals surface area contributed by atoms with Gasteiger partial charge in [-0.05, 0) is 38.0 Å². The number of nitrogens with one attached hydrogen (secondary N) is 1. The molecule has 4 nitrogen and oxygen atoms in total. The normalized spacial score (nSPS) is 36.5. The molecule has 0 aromatic rings. The molecule has 0 aromatic heterocycles. The fraction of sp³-hybridized carbons (Fsp3) is 0.933. The van der Waals surface area contributed by atoms with Gasteiger partial charge in [0.1, 0.15) is 0 Å². The summed E-state index contributed by atoms with van der Waals surface area (Å²) in [5.41, 5.74) is 6.11. The maximum Gasteiger partial charge on any atom is 0.224 e. The van der Waals surface area contributed by atoms with Crippen LogP contribution in [0.25, 0.3) is 0 Å². The Balaban J connectivity index is 1.76. The quantitative estimate of drug-likeness (QED) is 0.680. The smallest absolute Gasteiger partial charge is 0.224 e. The molecule has 110 valence electrons. The van der Waals surface area contributed by atoms with Gasteiger partial charge in [0, 0.05) is 12.6 Å². The van der Waals surface area contributed by atoms with Crippen LogP contribution in [0.3, 0.4) is 0 Å². The molecule has 2 saturated carbocycles. The molecule has 0 bridgehead atoms. The van der Waals surface area contributed by atoms with E-state index in [2.05, 4.69) is 5.32 Å². The Labute approximate surface area is 116 Å². The van der Waals surface area contributed by atoms with Crippen LogP contribution >= 0.6 is 0 Å². The van der Waals surface area contributed by atoms with Crippen LogP contribution in [-0.2, 0) is 4.79 Å². The Morgan fingerprint density at radius 3 is 2.68 bits per heavy atom. The summed E-state index contributed by atoms with van der Waals surface area (Å²) in [4.78, 5) is 12.2. The number of amides is 1. The molecule has 4 atom stereocenters. The first-order chi connectivity index (χ1) is 9.16. The monoisotopic (exact) mass is 268 g/mol. The van der Waals surface area contributed by atoms with Crippen LogP contribution in [0.1, 0.15) is 57.8 Å². The number of carbonyl (C=O) groups excluding carboxylic acids is 1. The van der Waals surface area contributed by atoms with Gasteiger partial charge in [-0.1, -0.05) is 25.7 Å². The van der Waals surface area contributed by atoms with Crippen LogP contribution < -0.4 is 11.1 Å². The van der Waals surface area contributed by atoms with E-state index in [1.807, 2.05) is 0 Å². The van der Waals surface area contributed by atoms with Gasteiger partial charge < -0.3 is 16.2 Å². The van der Waals surface area contributed by atoms with Gasteiger partial charge in [0.15, 0.2) is 0 Å². The molecule has 2 rings (SSSR count). The molecular weight excluding hydrogens is 240 g/mol. The highest BCUT2D eigenvalue weighted by Crippen LogP contribution is 2.25. The lowest BCUT2D eigenvalue weighted by atomic mass is 9.87. The number of rotatable bonds is 3. The van der Waals surface area contributed by atoms with Crippen molar-refractivity contribution in [3.8, 4) is 0 Å². The van der Waals surface area contributed by atoms with Crippen molar-refractivity contribution in [2.45, 2.75) is 69.9 Å². The number of nitrogens with two attached hydrogens (primary N) is 1. The first-order valence-corrected chi connectivity index (χ1v) is 7.88. The van der Waals surface area contributed by atoms with Crippen molar-refractivity contribution in [1.82, 2.24) is 5.32 Å². The van der Waals surface area contributed by atoms with Gasteiger partial charge in [0.05, 0.1) is 12.0 Å². The van der Waals surface area contributed by atoms with Crippen LogP contribution in [0.4, 0.5) is 0 Å². The van der Waals surface area contributed by atoms with Crippen molar-refractivity contribution < 1.29 is 9.90 Å². The summed E-state index contributed by atoms with van der Waals surface area (Å²) in [5, 5.41) is 12.7. The largest absolute Gasteiger partial charge is 0.393 e. The Kier molecular flexibility index (Phi) is 5.64. The van der Waals surface area contributed by atoms with E-state index in [4.69, 9.17) is 5.73 Å². The predicted octanol–water partition coefficient (Wildman–Crippen LogP) is 1.56. The molecule has 2 aliphatic rings. The fourth-order valence-electron chi connectivity index (χ4n) is 3.49. The van der Waals surface area contributed by atoms with Gasteiger partial charge in [0.25, 0.3) is 0 Å². The Morgan fingerprint density at radius 2 is 1.89 bits per heavy atom. The minimum absolute atomic E-state index is 0.00369. The Bertz CT molecular complexity index is 296. The molecule has 4 unspecified atom stereocenters. The second kappa shape index (κ2) is 7.25. The fourth-order valence-corrected chi connectivity index (χ4v) is 3.49. The number of carbonyl (C=O) groups is 1. The standard InChI is InChI=1S/C15H28N2O2/c16-14-8-3-1-2-7-13(14)15(19)17-10-11-5-4-6-12(18)9-11/h11-14,18H,1-10,16H2,(H,17,19). The second-order valence-electron chi connectivity index (χ2n) is 6.34. The highest BCUT2D eigenvalue weighted by molar-refractivity contribution is 5.79. The minimum Gasteiger partial charge on any atom is -0.393 e. The molecule has 0 aliphatic heterocycles. The first-order valence-electron chi connectivity index (χ1n) is 7.88. The van der Waals surface area contributed by atoms with Crippen molar-refractivity contribution in [3.05, 3.63) is 0 Å². The lowest BCUT2D eigenvalue weighted by molar-refractivity contribution is -0.126. The summed E-state index contributed by atoms with van der Waals surface area (Å²) in [5.74, 6) is 0.570. The van der Waals surface area contributed by atoms with Crippen LogP contribution in [0.15, 0.2) is 0 Å². The zero-order valence-corrected chi connectivity index (χ0v) is 11.8. The molecule has 2 fully saturated rings. The van der Waals surface area contributed by atoms with Crippen LogP contribution in [0.5, 0.6) is 0 Å². The van der Waals surface area contributed by atoms with Crippen LogP contribution in [-0.4, -0.2) is 29.7 Å². The summed E-state index contributed by atoms with van der Waals surface area (Å²) in [7, 11) is 0. The Hall–Kier alpha value is -0.610. The number of hydrogen-bond donors (Lipinski definition) is 3. The Morgan fingerprint density at radius 1 is 1.11 bits per heavy atom. The van der Waals surface area contributed by atoms with E-state index in [1.165, 1.54) is 6.42 Å². The van der Waals surface area contributed by atoms with Crippen LogP contribution in [0.2, 0.25) is 0 Å². The van der Waals surface area contributed by atoms with Crippen molar-refractivity contribution in [3.63, 3.8) is 0 Å². The molecule has 1 amide bonds. The van der Waals surface area contributed by atoms with Gasteiger partial charge in [-0.25, -0.2) is 0 Å². The van der Waals surface area contributed by atoms with Gasteiger partial charge in [-0.2, -0.15) is 0 Å². The van der Waals surface area contributed by atoms with Gasteiger partial charge in [-0.3, -0.25) is 4.79 Å². The van der Waals surface area contributed by atoms with Crippen molar-refractivity contribution in [2.24, 2.45) is 17.6 Å². The summed E-state index contributed by atoms with van der Waals surface area (Å²) in [6, 6.07) is 0.0273. The molecule has 2 aliphatic carbocycles. The van der Waals surface area contributed by atoms with E-state index in [9.17, 15) is 9.90 Å². The number of hydrogen-bond acceptors (Lipinski definition) is 3. The lowest BCUT2D eigenvalue weighted by Gasteiger charge is -2.27. The minimum atomic E-state index is -0.171. The molecule has 19 heavy (non-hydrogen) atoms. The zero-order chi connectivity index (χ0) is 13.7. The number of aliphatic hydroxyl groups is 1. The van der Waals surface area contributed by atoms with E-state index < -0.39 is 0 Å². The number of aliphatic hydroxyl groups excluding tert-OH is 1. The third-order valence-corrected chi connectivity index (χ3v) is 4.73. The molecule has 0 radical (unpaired) electrons. The topological polar surface area (TPSA) is 75.4 Å². The van der Waals surface area contributed by atoms with Crippen molar-refractivity contribution in [1.29, 1.82) is 0 Å². The van der Waals surface area contributed by atoms with E-state index >= 15 is 0 Å². The summed E-state index contributed by atoms with van der Waals surface area (Å²) in [6.07, 6.45) is 9.14. The molecule has 4 N–H and O–H groups in total. The van der Waals surface area contributed by atoms with Gasteiger partial charge in [-0.15, -0.1) is 0 Å². The van der Waals surface area contributed by atoms with Gasteiger partial charge in [0.2, 0.25) is 5.91 Å². The molecule has 0 saturated heterocycles. The van der Waals surface area contributed by atoms with E-state index in [0.29, 0.717) is 12.5 Å². The molecule has 0 aromatic carbocycles. The molecule has 0 heterocycles. The highest BCUT2D eigenvalue weighted by Gasteiger charge is 2.28. The summed E-state index contributed by atoms with van der Waals surface area (Å²) < 4.78 is 0. The van der Waals surface area contributed by atoms with Crippen LogP contribution in [0, 0.1) is 11.8 Å². The third-order valence-electron chi connectivity index (χ3n) is 4.73. The van der Waals surface area contributed by atoms with Crippen molar-refractivity contribution in [2.75, 3.05) is 6.54 Å². The van der Waals surface area contributed by atoms with E-state index in [0.717, 1.165) is 51.4 Å². The predicted molar refractivity (Wildman–Crippen MR) is 75.5 cm³/mol. The average Bonchev–Trinajstić information content (AvgIpc) is 2.61. The second-order valence-corrected chi connectivity index (χ2v) is 6.34. The highest BCUT2D eigenvalue weighted by atomic mass is 16.3. The molecule has 0 spiro atoms. The SMILES string of the molecule is NC1CCCCCC1C(=O)NCC1CCCC(O)C1. The molecular formula is C15H28N2O2. The lowest BCUT2D eigenvalue weighted by Crippen LogP contribution is -2.43. The summed E-state index contributed by atoms with van der Waals surface area (Å²) >= 11 is 0. The van der Waals surface area contributed by atoms with E-state index in [-0.39, 0.29) is 24.0 Å². The first kappa shape index (κ1) is 14.8. The van der Waals surface area contributed by atoms with Crippen molar-refractivity contribution >= 4 is 5.91 Å². The van der Waals surface area contributed by atoms with Gasteiger partial charge >= 0.3 is 0 Å². The zero-order valence-electron chi connectivity index (χ0n) is 11.8. The maximum absolute atomic E-state index is 12.2.